The van der Waals surface area contributed by atoms with Gasteiger partial charge in [-0.15, -0.1) is 0 Å². The molecule has 1 fully saturated rings. The fourth-order valence-corrected chi connectivity index (χ4v) is 2.92. The summed E-state index contributed by atoms with van der Waals surface area (Å²) in [4.78, 5) is 15.8. The lowest BCUT2D eigenvalue weighted by atomic mass is 10.1. The van der Waals surface area contributed by atoms with Gasteiger partial charge in [-0.3, -0.25) is 4.79 Å². The van der Waals surface area contributed by atoms with Crippen LogP contribution < -0.4 is 4.90 Å². The molecule has 2 rings (SSSR count). The van der Waals surface area contributed by atoms with Crippen molar-refractivity contribution >= 4 is 23.6 Å². The van der Waals surface area contributed by atoms with E-state index < -0.39 is 0 Å². The maximum absolute atomic E-state index is 11.2. The van der Waals surface area contributed by atoms with Gasteiger partial charge in [-0.25, -0.2) is 0 Å². The Morgan fingerprint density at radius 1 is 1.39 bits per heavy atom. The molecule has 18 heavy (non-hydrogen) atoms. The lowest BCUT2D eigenvalue weighted by Gasteiger charge is -2.31. The number of halogens is 1. The van der Waals surface area contributed by atoms with Gasteiger partial charge in [0.25, 0.3) is 0 Å². The van der Waals surface area contributed by atoms with Crippen LogP contribution in [0.2, 0.25) is 5.02 Å². The highest BCUT2D eigenvalue weighted by Crippen LogP contribution is 2.31. The number of likely N-dealkylation sites (N-methyl/N-ethyl adjacent to an activating group) is 1. The van der Waals surface area contributed by atoms with Gasteiger partial charge in [0, 0.05) is 24.7 Å². The Bertz CT molecular complexity index is 436. The van der Waals surface area contributed by atoms with E-state index in [1.807, 2.05) is 18.2 Å². The minimum atomic E-state index is 0.357. The topological polar surface area (TPSA) is 23.6 Å². The molecule has 0 spiro atoms. The molecule has 3 nitrogen and oxygen atoms in total. The van der Waals surface area contributed by atoms with Gasteiger partial charge in [0.05, 0.1) is 10.7 Å². The molecular formula is C14H19ClN2O. The first-order chi connectivity index (χ1) is 8.63. The Morgan fingerprint density at radius 3 is 2.89 bits per heavy atom. The van der Waals surface area contributed by atoms with E-state index >= 15 is 0 Å². The number of carbonyl (C=O) groups is 1. The van der Waals surface area contributed by atoms with Gasteiger partial charge in [0.1, 0.15) is 0 Å². The van der Waals surface area contributed by atoms with E-state index in [0.29, 0.717) is 16.6 Å². The number of benzene rings is 1. The molecule has 0 amide bonds. The van der Waals surface area contributed by atoms with E-state index in [9.17, 15) is 4.79 Å². The third-order valence-corrected chi connectivity index (χ3v) is 3.78. The first-order valence-corrected chi connectivity index (χ1v) is 6.70. The fraction of sp³-hybridized carbons (Fsp3) is 0.500. The molecule has 1 atom stereocenters. The summed E-state index contributed by atoms with van der Waals surface area (Å²) < 4.78 is 0. The molecule has 1 aliphatic heterocycles. The maximum Gasteiger partial charge on any atom is 0.152 e. The SMILES string of the molecule is CC1CN(C)CCCN1c1c(Cl)cccc1C=O. The highest BCUT2D eigenvalue weighted by molar-refractivity contribution is 6.34. The van der Waals surface area contributed by atoms with Crippen LogP contribution >= 0.6 is 11.6 Å². The summed E-state index contributed by atoms with van der Waals surface area (Å²) in [6.45, 7) is 5.20. The highest BCUT2D eigenvalue weighted by atomic mass is 35.5. The quantitative estimate of drug-likeness (QED) is 0.769. The van der Waals surface area contributed by atoms with Crippen LogP contribution in [0.4, 0.5) is 5.69 Å². The average Bonchev–Trinajstić information content (AvgIpc) is 2.50. The summed E-state index contributed by atoms with van der Waals surface area (Å²) in [5.41, 5.74) is 1.57. The van der Waals surface area contributed by atoms with Gasteiger partial charge in [0.2, 0.25) is 0 Å². The number of hydrogen-bond acceptors (Lipinski definition) is 3. The van der Waals surface area contributed by atoms with Crippen molar-refractivity contribution < 1.29 is 4.79 Å². The third-order valence-electron chi connectivity index (χ3n) is 3.48. The van der Waals surface area contributed by atoms with Gasteiger partial charge in [-0.2, -0.15) is 0 Å². The molecule has 0 bridgehead atoms. The molecule has 98 valence electrons. The highest BCUT2D eigenvalue weighted by Gasteiger charge is 2.23. The molecule has 0 N–H and O–H groups in total. The van der Waals surface area contributed by atoms with Crippen molar-refractivity contribution in [2.45, 2.75) is 19.4 Å². The van der Waals surface area contributed by atoms with Crippen LogP contribution in [0, 0.1) is 0 Å². The standard InChI is InChI=1S/C14H19ClN2O/c1-11-9-16(2)7-4-8-17(11)14-12(10-18)5-3-6-13(14)15/h3,5-6,10-11H,4,7-9H2,1-2H3. The Morgan fingerprint density at radius 2 is 2.17 bits per heavy atom. The van der Waals surface area contributed by atoms with Crippen LogP contribution in [0.5, 0.6) is 0 Å². The van der Waals surface area contributed by atoms with E-state index in [0.717, 1.165) is 38.0 Å². The van der Waals surface area contributed by atoms with E-state index in [4.69, 9.17) is 11.6 Å². The summed E-state index contributed by atoms with van der Waals surface area (Å²) in [7, 11) is 2.13. The number of anilines is 1. The Labute approximate surface area is 113 Å². The molecule has 1 heterocycles. The Kier molecular flexibility index (Phi) is 4.25. The smallest absolute Gasteiger partial charge is 0.152 e. The summed E-state index contributed by atoms with van der Waals surface area (Å²) in [5.74, 6) is 0. The second-order valence-corrected chi connectivity index (χ2v) is 5.36. The zero-order valence-corrected chi connectivity index (χ0v) is 11.7. The Balaban J connectivity index is 2.37. The molecule has 1 aliphatic rings. The number of hydrogen-bond donors (Lipinski definition) is 0. The van der Waals surface area contributed by atoms with Crippen molar-refractivity contribution in [1.29, 1.82) is 0 Å². The van der Waals surface area contributed by atoms with Crippen molar-refractivity contribution in [3.63, 3.8) is 0 Å². The van der Waals surface area contributed by atoms with Crippen molar-refractivity contribution in [3.8, 4) is 0 Å². The molecule has 0 radical (unpaired) electrons. The monoisotopic (exact) mass is 266 g/mol. The molecule has 1 aromatic rings. The minimum Gasteiger partial charge on any atom is -0.366 e. The lowest BCUT2D eigenvalue weighted by molar-refractivity contribution is 0.112. The van der Waals surface area contributed by atoms with Crippen LogP contribution in [0.3, 0.4) is 0 Å². The second kappa shape index (κ2) is 5.72. The molecule has 1 aromatic carbocycles. The fourth-order valence-electron chi connectivity index (χ4n) is 2.63. The summed E-state index contributed by atoms with van der Waals surface area (Å²) in [6.07, 6.45) is 1.98. The number of carbonyl (C=O) groups excluding carboxylic acids is 1. The van der Waals surface area contributed by atoms with Crippen LogP contribution in [-0.4, -0.2) is 43.9 Å². The van der Waals surface area contributed by atoms with E-state index in [-0.39, 0.29) is 0 Å². The van der Waals surface area contributed by atoms with Crippen LogP contribution in [0.15, 0.2) is 18.2 Å². The molecular weight excluding hydrogens is 248 g/mol. The van der Waals surface area contributed by atoms with E-state index in [1.165, 1.54) is 0 Å². The Hall–Kier alpha value is -1.06. The van der Waals surface area contributed by atoms with Crippen molar-refractivity contribution in [1.82, 2.24) is 4.90 Å². The van der Waals surface area contributed by atoms with Gasteiger partial charge in [0.15, 0.2) is 6.29 Å². The van der Waals surface area contributed by atoms with Crippen LogP contribution in [0.25, 0.3) is 0 Å². The zero-order valence-electron chi connectivity index (χ0n) is 10.9. The number of aldehydes is 1. The molecule has 1 unspecified atom stereocenters. The maximum atomic E-state index is 11.2. The molecule has 0 aromatic heterocycles. The number of para-hydroxylation sites is 1. The normalized spacial score (nSPS) is 21.7. The molecule has 4 heteroatoms. The van der Waals surface area contributed by atoms with Crippen LogP contribution in [-0.2, 0) is 0 Å². The summed E-state index contributed by atoms with van der Waals surface area (Å²) in [6, 6.07) is 5.86. The number of nitrogens with zero attached hydrogens (tertiary/aromatic N) is 2. The van der Waals surface area contributed by atoms with Crippen molar-refractivity contribution in [3.05, 3.63) is 28.8 Å². The van der Waals surface area contributed by atoms with Gasteiger partial charge >= 0.3 is 0 Å². The molecule has 0 aliphatic carbocycles. The van der Waals surface area contributed by atoms with Gasteiger partial charge in [-0.1, -0.05) is 17.7 Å². The third kappa shape index (κ3) is 2.68. The minimum absolute atomic E-state index is 0.357. The molecule has 1 saturated heterocycles. The largest absolute Gasteiger partial charge is 0.366 e. The van der Waals surface area contributed by atoms with Crippen LogP contribution in [0.1, 0.15) is 23.7 Å². The first-order valence-electron chi connectivity index (χ1n) is 6.32. The van der Waals surface area contributed by atoms with Gasteiger partial charge in [-0.05, 0) is 39.1 Å². The number of rotatable bonds is 2. The predicted octanol–water partition coefficient (Wildman–Crippen LogP) is 2.68. The van der Waals surface area contributed by atoms with E-state index in [2.05, 4.69) is 23.8 Å². The second-order valence-electron chi connectivity index (χ2n) is 4.95. The molecule has 0 saturated carbocycles. The predicted molar refractivity (Wildman–Crippen MR) is 75.8 cm³/mol. The lowest BCUT2D eigenvalue weighted by Crippen LogP contribution is -2.38. The zero-order chi connectivity index (χ0) is 13.1. The first kappa shape index (κ1) is 13.4. The average molecular weight is 267 g/mol. The van der Waals surface area contributed by atoms with Crippen molar-refractivity contribution in [2.24, 2.45) is 0 Å². The summed E-state index contributed by atoms with van der Waals surface area (Å²) >= 11 is 6.28. The summed E-state index contributed by atoms with van der Waals surface area (Å²) in [5, 5.41) is 0.663. The van der Waals surface area contributed by atoms with Gasteiger partial charge < -0.3 is 9.80 Å². The van der Waals surface area contributed by atoms with Crippen molar-refractivity contribution in [2.75, 3.05) is 31.6 Å². The van der Waals surface area contributed by atoms with E-state index in [1.54, 1.807) is 0 Å².